The maximum absolute atomic E-state index is 5.11. The highest BCUT2D eigenvalue weighted by atomic mass is 32.2. The lowest BCUT2D eigenvalue weighted by Gasteiger charge is -2.03. The first-order chi connectivity index (χ1) is 6.86. The molecule has 0 aliphatic rings. The lowest BCUT2D eigenvalue weighted by molar-refractivity contribution is 0.414. The zero-order chi connectivity index (χ0) is 10.2. The number of hydrogen-bond acceptors (Lipinski definition) is 2. The van der Waals surface area contributed by atoms with Crippen molar-refractivity contribution in [1.29, 1.82) is 0 Å². The van der Waals surface area contributed by atoms with Gasteiger partial charge in [-0.25, -0.2) is 0 Å². The zero-order valence-electron chi connectivity index (χ0n) is 8.95. The number of ether oxygens (including phenoxy) is 1. The highest BCUT2D eigenvalue weighted by molar-refractivity contribution is 7.98. The van der Waals surface area contributed by atoms with Crippen LogP contribution < -0.4 is 4.74 Å². The normalized spacial score (nSPS) is 10.1. The molecule has 3 heteroatoms. The fourth-order valence-corrected chi connectivity index (χ4v) is 2.22. The Morgan fingerprint density at radius 3 is 2.57 bits per heavy atom. The monoisotopic (exact) mass is 208 g/mol. The first kappa shape index (κ1) is 11.5. The van der Waals surface area contributed by atoms with Crippen LogP contribution in [0.4, 0.5) is 0 Å². The summed E-state index contributed by atoms with van der Waals surface area (Å²) < 4.78 is 5.11. The summed E-state index contributed by atoms with van der Waals surface area (Å²) in [6.45, 7) is 0. The van der Waals surface area contributed by atoms with Crippen molar-refractivity contribution in [2.24, 2.45) is 0 Å². The minimum atomic E-state index is 0.937. The van der Waals surface area contributed by atoms with Crippen LogP contribution in [0.25, 0.3) is 0 Å². The second kappa shape index (κ2) is 6.82. The van der Waals surface area contributed by atoms with Gasteiger partial charge in [0.1, 0.15) is 13.6 Å². The van der Waals surface area contributed by atoms with E-state index in [9.17, 15) is 0 Å². The van der Waals surface area contributed by atoms with Crippen molar-refractivity contribution in [2.75, 3.05) is 12.9 Å². The van der Waals surface area contributed by atoms with E-state index in [1.807, 2.05) is 23.9 Å². The van der Waals surface area contributed by atoms with Gasteiger partial charge in [-0.15, -0.1) is 0 Å². The fraction of sp³-hybridized carbons (Fsp3) is 0.455. The van der Waals surface area contributed by atoms with Crippen LogP contribution in [0.5, 0.6) is 5.75 Å². The van der Waals surface area contributed by atoms with Gasteiger partial charge in [-0.2, -0.15) is 11.8 Å². The maximum Gasteiger partial charge on any atom is 0.118 e. The summed E-state index contributed by atoms with van der Waals surface area (Å²) in [6.07, 6.45) is 2.61. The molecule has 76 valence electrons. The second-order valence-corrected chi connectivity index (χ2v) is 4.36. The van der Waals surface area contributed by atoms with Gasteiger partial charge in [0.15, 0.2) is 0 Å². The van der Waals surface area contributed by atoms with Gasteiger partial charge in [0, 0.05) is 5.75 Å². The van der Waals surface area contributed by atoms with Crippen molar-refractivity contribution >= 4 is 19.6 Å². The molecule has 0 saturated heterocycles. The molecular formula is C11H17BOS. The van der Waals surface area contributed by atoms with Crippen LogP contribution in [0.3, 0.4) is 0 Å². The minimum absolute atomic E-state index is 0.937. The van der Waals surface area contributed by atoms with E-state index in [0.29, 0.717) is 0 Å². The van der Waals surface area contributed by atoms with Crippen LogP contribution in [0, 0.1) is 0 Å². The quantitative estimate of drug-likeness (QED) is 0.524. The molecule has 0 fully saturated rings. The van der Waals surface area contributed by atoms with Crippen LogP contribution in [-0.2, 0) is 5.75 Å². The Balaban J connectivity index is 2.29. The first-order valence-electron chi connectivity index (χ1n) is 5.07. The molecule has 0 aliphatic heterocycles. The predicted molar refractivity (Wildman–Crippen MR) is 67.1 cm³/mol. The van der Waals surface area contributed by atoms with E-state index < -0.39 is 0 Å². The van der Waals surface area contributed by atoms with Crippen molar-refractivity contribution < 1.29 is 4.74 Å². The van der Waals surface area contributed by atoms with E-state index in [1.54, 1.807) is 7.11 Å². The summed E-state index contributed by atoms with van der Waals surface area (Å²) in [5, 5.41) is 0. The predicted octanol–water partition coefficient (Wildman–Crippen LogP) is 2.37. The van der Waals surface area contributed by atoms with Crippen LogP contribution in [-0.4, -0.2) is 20.7 Å². The van der Waals surface area contributed by atoms with Crippen LogP contribution >= 0.6 is 11.8 Å². The van der Waals surface area contributed by atoms with Gasteiger partial charge in [0.05, 0.1) is 7.11 Å². The number of benzene rings is 1. The Hall–Kier alpha value is -0.565. The van der Waals surface area contributed by atoms with Gasteiger partial charge in [-0.05, 0) is 23.4 Å². The molecule has 1 rings (SSSR count). The molecule has 0 spiro atoms. The Morgan fingerprint density at radius 2 is 2.00 bits per heavy atom. The third kappa shape index (κ3) is 4.10. The van der Waals surface area contributed by atoms with Crippen LogP contribution in [0.15, 0.2) is 24.3 Å². The molecule has 0 N–H and O–H groups in total. The number of thioether (sulfide) groups is 1. The van der Waals surface area contributed by atoms with E-state index in [0.717, 1.165) is 11.5 Å². The summed E-state index contributed by atoms with van der Waals surface area (Å²) in [6, 6.07) is 8.32. The van der Waals surface area contributed by atoms with Crippen molar-refractivity contribution in [3.63, 3.8) is 0 Å². The molecule has 0 aliphatic carbocycles. The standard InChI is InChI=1S/C11H17BOS/c1-13-11-5-3-10(4-6-11)9-14-8-2-7-12/h3-6H,2,7-9,12H2,1H3. The van der Waals surface area contributed by atoms with Gasteiger partial charge < -0.3 is 4.74 Å². The molecule has 0 aromatic heterocycles. The SMILES string of the molecule is BCCCSCc1ccc(OC)cc1. The molecule has 0 radical (unpaired) electrons. The first-order valence-corrected chi connectivity index (χ1v) is 6.23. The number of methoxy groups -OCH3 is 1. The van der Waals surface area contributed by atoms with E-state index in [-0.39, 0.29) is 0 Å². The Bertz CT molecular complexity index is 248. The topological polar surface area (TPSA) is 9.23 Å². The molecule has 1 aromatic carbocycles. The third-order valence-corrected chi connectivity index (χ3v) is 3.18. The number of hydrogen-bond donors (Lipinski definition) is 0. The lowest BCUT2D eigenvalue weighted by Crippen LogP contribution is -1.85. The minimum Gasteiger partial charge on any atom is -0.497 e. The van der Waals surface area contributed by atoms with Crippen molar-refractivity contribution in [3.05, 3.63) is 29.8 Å². The second-order valence-electron chi connectivity index (χ2n) is 3.25. The highest BCUT2D eigenvalue weighted by Gasteiger charge is 1.94. The average molecular weight is 208 g/mol. The molecule has 0 amide bonds. The van der Waals surface area contributed by atoms with E-state index in [4.69, 9.17) is 4.74 Å². The Kier molecular flexibility index (Phi) is 5.61. The molecule has 0 bridgehead atoms. The van der Waals surface area contributed by atoms with Crippen molar-refractivity contribution in [3.8, 4) is 5.75 Å². The fourth-order valence-electron chi connectivity index (χ4n) is 1.16. The third-order valence-electron chi connectivity index (χ3n) is 2.07. The number of rotatable bonds is 6. The van der Waals surface area contributed by atoms with E-state index in [2.05, 4.69) is 20.0 Å². The smallest absolute Gasteiger partial charge is 0.118 e. The summed E-state index contributed by atoms with van der Waals surface area (Å²) in [7, 11) is 3.93. The summed E-state index contributed by atoms with van der Waals surface area (Å²) in [4.78, 5) is 0. The van der Waals surface area contributed by atoms with Crippen molar-refractivity contribution in [2.45, 2.75) is 18.5 Å². The summed E-state index contributed by atoms with van der Waals surface area (Å²) >= 11 is 2.00. The van der Waals surface area contributed by atoms with Gasteiger partial charge in [-0.1, -0.05) is 24.9 Å². The largest absolute Gasteiger partial charge is 0.497 e. The van der Waals surface area contributed by atoms with Gasteiger partial charge >= 0.3 is 0 Å². The zero-order valence-corrected chi connectivity index (χ0v) is 9.77. The Morgan fingerprint density at radius 1 is 1.29 bits per heavy atom. The van der Waals surface area contributed by atoms with Gasteiger partial charge in [0.2, 0.25) is 0 Å². The molecule has 14 heavy (non-hydrogen) atoms. The molecule has 1 nitrogen and oxygen atoms in total. The highest BCUT2D eigenvalue weighted by Crippen LogP contribution is 2.17. The van der Waals surface area contributed by atoms with E-state index >= 15 is 0 Å². The van der Waals surface area contributed by atoms with Gasteiger partial charge in [0.25, 0.3) is 0 Å². The molecule has 0 unspecified atom stereocenters. The van der Waals surface area contributed by atoms with Crippen LogP contribution in [0.1, 0.15) is 12.0 Å². The maximum atomic E-state index is 5.11. The lowest BCUT2D eigenvalue weighted by atomic mass is 10.0. The molecule has 1 aromatic rings. The van der Waals surface area contributed by atoms with E-state index in [1.165, 1.54) is 24.1 Å². The Labute approximate surface area is 91.6 Å². The van der Waals surface area contributed by atoms with Crippen LogP contribution in [0.2, 0.25) is 6.32 Å². The average Bonchev–Trinajstić information content (AvgIpc) is 2.25. The molecule has 0 saturated carbocycles. The molecule has 0 heterocycles. The van der Waals surface area contributed by atoms with Gasteiger partial charge in [-0.3, -0.25) is 0 Å². The molecular weight excluding hydrogens is 191 g/mol. The van der Waals surface area contributed by atoms with Crippen molar-refractivity contribution in [1.82, 2.24) is 0 Å². The summed E-state index contributed by atoms with van der Waals surface area (Å²) in [5.74, 6) is 3.32. The summed E-state index contributed by atoms with van der Waals surface area (Å²) in [5.41, 5.74) is 1.38. The molecule has 0 atom stereocenters.